The van der Waals surface area contributed by atoms with Crippen molar-refractivity contribution < 1.29 is 22.1 Å². The van der Waals surface area contributed by atoms with E-state index in [9.17, 15) is 13.2 Å². The van der Waals surface area contributed by atoms with Crippen molar-refractivity contribution in [3.8, 4) is 5.75 Å². The quantitative estimate of drug-likeness (QED) is 0.366. The molecule has 0 saturated carbocycles. The number of hydrogen-bond donors (Lipinski definition) is 1. The van der Waals surface area contributed by atoms with E-state index >= 15 is 0 Å². The van der Waals surface area contributed by atoms with Crippen LogP contribution in [0.5, 0.6) is 5.75 Å². The number of hydrogen-bond acceptors (Lipinski definition) is 4. The lowest BCUT2D eigenvalue weighted by Crippen LogP contribution is -2.04. The number of thiol groups is 1. The van der Waals surface area contributed by atoms with E-state index in [1.807, 2.05) is 26.0 Å². The Morgan fingerprint density at radius 2 is 1.89 bits per heavy atom. The minimum atomic E-state index is -4.35. The first-order valence-corrected chi connectivity index (χ1v) is 6.92. The zero-order valence-electron chi connectivity index (χ0n) is 10.6. The average molecular weight is 312 g/mol. The van der Waals surface area contributed by atoms with Crippen LogP contribution in [0.4, 0.5) is 13.2 Å². The number of halogens is 3. The number of ether oxygens (including phenoxy) is 1. The van der Waals surface area contributed by atoms with Gasteiger partial charge in [-0.2, -0.15) is 13.2 Å². The average Bonchev–Trinajstić information content (AvgIpc) is 2.29. The van der Waals surface area contributed by atoms with E-state index in [-0.39, 0.29) is 12.5 Å². The molecule has 0 radical (unpaired) electrons. The van der Waals surface area contributed by atoms with Crippen molar-refractivity contribution in [2.45, 2.75) is 25.8 Å². The van der Waals surface area contributed by atoms with Gasteiger partial charge in [-0.3, -0.25) is 0 Å². The molecule has 1 aromatic rings. The minimum Gasteiger partial charge on any atom is -0.483 e. The van der Waals surface area contributed by atoms with Crippen molar-refractivity contribution in [1.82, 2.24) is 0 Å². The molecule has 0 aromatic heterocycles. The summed E-state index contributed by atoms with van der Waals surface area (Å²) in [6, 6.07) is 3.76. The largest absolute Gasteiger partial charge is 0.483 e. The van der Waals surface area contributed by atoms with E-state index in [0.29, 0.717) is 6.42 Å². The van der Waals surface area contributed by atoms with Gasteiger partial charge in [-0.25, -0.2) is 0 Å². The Labute approximate surface area is 120 Å². The van der Waals surface area contributed by atoms with Gasteiger partial charge in [0.15, 0.2) is 0 Å². The Morgan fingerprint density at radius 1 is 1.21 bits per heavy atom. The summed E-state index contributed by atoms with van der Waals surface area (Å²) in [6.45, 7) is 3.78. The van der Waals surface area contributed by atoms with Crippen molar-refractivity contribution in [2.24, 2.45) is 0 Å². The van der Waals surface area contributed by atoms with E-state index in [0.717, 1.165) is 22.4 Å². The van der Waals surface area contributed by atoms with Crippen molar-refractivity contribution in [1.29, 1.82) is 0 Å². The molecule has 0 fully saturated rings. The molecule has 19 heavy (non-hydrogen) atoms. The highest BCUT2D eigenvalue weighted by atomic mass is 32.2. The first kappa shape index (κ1) is 16.5. The second-order valence-corrected chi connectivity index (χ2v) is 5.04. The zero-order chi connectivity index (χ0) is 14.5. The molecule has 7 heteroatoms. The summed E-state index contributed by atoms with van der Waals surface area (Å²) in [5, 5.41) is 0. The highest BCUT2D eigenvalue weighted by Crippen LogP contribution is 2.31. The zero-order valence-corrected chi connectivity index (χ0v) is 12.3. The van der Waals surface area contributed by atoms with Gasteiger partial charge in [-0.05, 0) is 43.0 Å². The Morgan fingerprint density at radius 3 is 2.47 bits per heavy atom. The maximum absolute atomic E-state index is 11.9. The van der Waals surface area contributed by atoms with Crippen LogP contribution in [-0.2, 0) is 10.6 Å². The van der Waals surface area contributed by atoms with Crippen molar-refractivity contribution in [3.05, 3.63) is 28.8 Å². The molecule has 0 amide bonds. The maximum Gasteiger partial charge on any atom is 0.467 e. The van der Waals surface area contributed by atoms with Crippen LogP contribution in [-0.4, -0.2) is 18.1 Å². The molecule has 0 bridgehead atoms. The summed E-state index contributed by atoms with van der Waals surface area (Å²) < 4.78 is 45.5. The first-order chi connectivity index (χ1) is 8.83. The third kappa shape index (κ3) is 5.97. The molecule has 2 nitrogen and oxygen atoms in total. The molecule has 108 valence electrons. The summed E-state index contributed by atoms with van der Waals surface area (Å²) in [4.78, 5) is 0. The van der Waals surface area contributed by atoms with E-state index in [4.69, 9.17) is 4.74 Å². The minimum absolute atomic E-state index is 0.0111. The van der Waals surface area contributed by atoms with Crippen molar-refractivity contribution >= 4 is 24.7 Å². The van der Waals surface area contributed by atoms with Gasteiger partial charge in [0.1, 0.15) is 23.7 Å². The van der Waals surface area contributed by atoms with E-state index < -0.39 is 17.6 Å². The maximum atomic E-state index is 11.9. The third-order valence-corrected chi connectivity index (χ3v) is 3.06. The number of rotatable bonds is 6. The van der Waals surface area contributed by atoms with Crippen LogP contribution in [0, 0.1) is 13.8 Å². The lowest BCUT2D eigenvalue weighted by Gasteiger charge is -2.12. The van der Waals surface area contributed by atoms with Gasteiger partial charge in [0.05, 0.1) is 6.61 Å². The third-order valence-electron chi connectivity index (χ3n) is 2.46. The Balaban J connectivity index is 2.57. The molecule has 0 N–H and O–H groups in total. The summed E-state index contributed by atoms with van der Waals surface area (Å²) in [7, 11) is 0. The molecule has 0 aliphatic carbocycles. The van der Waals surface area contributed by atoms with Crippen molar-refractivity contribution in [3.63, 3.8) is 0 Å². The molecular formula is C12H15F3O2S2. The Bertz CT molecular complexity index is 422. The van der Waals surface area contributed by atoms with Gasteiger partial charge < -0.3 is 8.92 Å². The van der Waals surface area contributed by atoms with Crippen LogP contribution < -0.4 is 4.74 Å². The fourth-order valence-corrected chi connectivity index (χ4v) is 2.04. The second-order valence-electron chi connectivity index (χ2n) is 3.92. The van der Waals surface area contributed by atoms with Crippen LogP contribution in [0.3, 0.4) is 0 Å². The first-order valence-electron chi connectivity index (χ1n) is 5.54. The smallest absolute Gasteiger partial charge is 0.467 e. The monoisotopic (exact) mass is 312 g/mol. The fraction of sp³-hybridized carbons (Fsp3) is 0.500. The standard InChI is InChI=1S/C12H15F3O2S2/c1-8-6-11(16-7-18)9(2)5-10(8)3-4-17-19-12(13,14)15/h5-6,18H,3-4,7H2,1-2H3. The molecule has 0 saturated heterocycles. The summed E-state index contributed by atoms with van der Waals surface area (Å²) in [6.07, 6.45) is 0.427. The molecule has 1 rings (SSSR count). The summed E-state index contributed by atoms with van der Waals surface area (Å²) >= 11 is 3.52. The highest BCUT2D eigenvalue weighted by molar-refractivity contribution is 7.95. The molecule has 1 aromatic carbocycles. The number of aryl methyl sites for hydroxylation is 2. The topological polar surface area (TPSA) is 18.5 Å². The number of benzene rings is 1. The normalized spacial score (nSPS) is 11.7. The fourth-order valence-electron chi connectivity index (χ4n) is 1.60. The van der Waals surface area contributed by atoms with Crippen LogP contribution in [0.1, 0.15) is 16.7 Å². The van der Waals surface area contributed by atoms with Gasteiger partial charge >= 0.3 is 5.51 Å². The molecule has 0 aliphatic heterocycles. The van der Waals surface area contributed by atoms with Gasteiger partial charge in [0.2, 0.25) is 0 Å². The van der Waals surface area contributed by atoms with Crippen LogP contribution in [0.2, 0.25) is 0 Å². The Kier molecular flexibility index (Phi) is 6.35. The predicted octanol–water partition coefficient (Wildman–Crippen LogP) is 4.30. The second kappa shape index (κ2) is 7.31. The predicted molar refractivity (Wildman–Crippen MR) is 73.7 cm³/mol. The van der Waals surface area contributed by atoms with Crippen LogP contribution in [0.15, 0.2) is 12.1 Å². The molecule has 0 aliphatic rings. The van der Waals surface area contributed by atoms with E-state index in [1.54, 1.807) is 0 Å². The van der Waals surface area contributed by atoms with Crippen molar-refractivity contribution in [2.75, 3.05) is 12.5 Å². The molecule has 0 heterocycles. The van der Waals surface area contributed by atoms with Crippen LogP contribution in [0.25, 0.3) is 0 Å². The highest BCUT2D eigenvalue weighted by Gasteiger charge is 2.29. The van der Waals surface area contributed by atoms with Crippen LogP contribution >= 0.6 is 24.7 Å². The summed E-state index contributed by atoms with van der Waals surface area (Å²) in [5.41, 5.74) is -1.51. The van der Waals surface area contributed by atoms with E-state index in [2.05, 4.69) is 16.8 Å². The van der Waals surface area contributed by atoms with Gasteiger partial charge in [-0.15, -0.1) is 12.6 Å². The SMILES string of the molecule is Cc1cc(OCS)c(C)cc1CCOSC(F)(F)F. The van der Waals surface area contributed by atoms with Gasteiger partial charge in [-0.1, -0.05) is 6.07 Å². The van der Waals surface area contributed by atoms with Gasteiger partial charge in [0.25, 0.3) is 0 Å². The molecule has 0 atom stereocenters. The Hall–Kier alpha value is -0.530. The summed E-state index contributed by atoms with van der Waals surface area (Å²) in [5.74, 6) is 1.02. The lowest BCUT2D eigenvalue weighted by molar-refractivity contribution is -0.0396. The molecule has 0 spiro atoms. The molecule has 0 unspecified atom stereocenters. The lowest BCUT2D eigenvalue weighted by atomic mass is 10.0. The van der Waals surface area contributed by atoms with E-state index in [1.165, 1.54) is 0 Å². The van der Waals surface area contributed by atoms with Gasteiger partial charge in [0, 0.05) is 0 Å². The molecular weight excluding hydrogens is 297 g/mol. The number of alkyl halides is 3.